The molecule has 0 saturated carbocycles. The van der Waals surface area contributed by atoms with Crippen LogP contribution in [0.3, 0.4) is 0 Å². The van der Waals surface area contributed by atoms with Crippen molar-refractivity contribution in [2.45, 2.75) is 20.3 Å². The first-order valence-electron chi connectivity index (χ1n) is 7.07. The van der Waals surface area contributed by atoms with Gasteiger partial charge in [-0.25, -0.2) is 9.59 Å². The van der Waals surface area contributed by atoms with Gasteiger partial charge < -0.3 is 9.84 Å². The lowest BCUT2D eigenvalue weighted by Crippen LogP contribution is -2.13. The van der Waals surface area contributed by atoms with Crippen molar-refractivity contribution in [2.75, 3.05) is 12.4 Å². The summed E-state index contributed by atoms with van der Waals surface area (Å²) in [6.07, 6.45) is 0.0301. The molecule has 0 spiro atoms. The molecule has 2 rings (SSSR count). The minimum atomic E-state index is -0.967. The third-order valence-electron chi connectivity index (χ3n) is 3.42. The summed E-state index contributed by atoms with van der Waals surface area (Å²) >= 11 is 0. The zero-order chi connectivity index (χ0) is 16.3. The molecule has 0 bridgehead atoms. The second-order valence-electron chi connectivity index (χ2n) is 5.52. The molecule has 116 valence electrons. The fourth-order valence-corrected chi connectivity index (χ4v) is 2.54. The molecule has 1 amide bonds. The van der Waals surface area contributed by atoms with Gasteiger partial charge in [0.05, 0.1) is 18.4 Å². The van der Waals surface area contributed by atoms with Crippen LogP contribution >= 0.6 is 0 Å². The molecule has 0 unspecified atom stereocenters. The summed E-state index contributed by atoms with van der Waals surface area (Å²) in [6.45, 7) is 4.06. The van der Waals surface area contributed by atoms with Gasteiger partial charge in [0.25, 0.3) is 0 Å². The zero-order valence-electron chi connectivity index (χ0n) is 12.8. The quantitative estimate of drug-likeness (QED) is 0.897. The molecule has 2 aromatic rings. The first-order valence-corrected chi connectivity index (χ1v) is 7.07. The summed E-state index contributed by atoms with van der Waals surface area (Å²) in [5.41, 5.74) is 1.55. The standard InChI is InChI=1S/C17H19NO4/c1-10(2)9-13-12(16(19)20)8-7-11-5-4-6-14(15(11)13)18-17(21)22-3/h4-8,10H,9H2,1-3H3,(H,18,21)(H,19,20). The molecule has 2 aromatic carbocycles. The number of carboxylic acids is 1. The normalized spacial score (nSPS) is 10.7. The SMILES string of the molecule is COC(=O)Nc1cccc2ccc(C(=O)O)c(CC(C)C)c12. The van der Waals surface area contributed by atoms with Crippen LogP contribution in [0.5, 0.6) is 0 Å². The number of ether oxygens (including phenoxy) is 1. The summed E-state index contributed by atoms with van der Waals surface area (Å²) in [4.78, 5) is 23.1. The molecule has 0 atom stereocenters. The maximum Gasteiger partial charge on any atom is 0.411 e. The number of methoxy groups -OCH3 is 1. The summed E-state index contributed by atoms with van der Waals surface area (Å²) < 4.78 is 4.64. The van der Waals surface area contributed by atoms with Gasteiger partial charge in [-0.05, 0) is 35.4 Å². The third kappa shape index (κ3) is 3.19. The van der Waals surface area contributed by atoms with Gasteiger partial charge in [-0.1, -0.05) is 32.0 Å². The number of amides is 1. The first-order chi connectivity index (χ1) is 10.4. The second kappa shape index (κ2) is 6.47. The maximum absolute atomic E-state index is 11.5. The minimum Gasteiger partial charge on any atom is -0.478 e. The molecule has 0 aromatic heterocycles. The number of carboxylic acid groups (broad SMARTS) is 1. The number of carbonyl (C=O) groups excluding carboxylic acids is 1. The van der Waals surface area contributed by atoms with Crippen molar-refractivity contribution in [3.63, 3.8) is 0 Å². The van der Waals surface area contributed by atoms with E-state index in [-0.39, 0.29) is 11.5 Å². The molecule has 0 aliphatic rings. The highest BCUT2D eigenvalue weighted by atomic mass is 16.5. The number of benzene rings is 2. The highest BCUT2D eigenvalue weighted by Gasteiger charge is 2.17. The molecule has 0 heterocycles. The number of aromatic carboxylic acids is 1. The average Bonchev–Trinajstić information content (AvgIpc) is 2.46. The van der Waals surface area contributed by atoms with E-state index in [1.165, 1.54) is 7.11 Å². The smallest absolute Gasteiger partial charge is 0.411 e. The van der Waals surface area contributed by atoms with E-state index in [9.17, 15) is 14.7 Å². The van der Waals surface area contributed by atoms with Crippen molar-refractivity contribution in [1.29, 1.82) is 0 Å². The molecule has 5 nitrogen and oxygen atoms in total. The van der Waals surface area contributed by atoms with Crippen LogP contribution in [0, 0.1) is 5.92 Å². The van der Waals surface area contributed by atoms with E-state index in [0.29, 0.717) is 12.1 Å². The van der Waals surface area contributed by atoms with Crippen molar-refractivity contribution in [1.82, 2.24) is 0 Å². The summed E-state index contributed by atoms with van der Waals surface area (Å²) in [5, 5.41) is 13.7. The van der Waals surface area contributed by atoms with Gasteiger partial charge in [0.1, 0.15) is 0 Å². The van der Waals surface area contributed by atoms with E-state index < -0.39 is 12.1 Å². The Morgan fingerprint density at radius 1 is 1.23 bits per heavy atom. The summed E-state index contributed by atoms with van der Waals surface area (Å²) in [5.74, 6) is -0.680. The molecule has 0 radical (unpaired) electrons. The second-order valence-corrected chi connectivity index (χ2v) is 5.52. The van der Waals surface area contributed by atoms with Gasteiger partial charge in [-0.3, -0.25) is 5.32 Å². The number of carbonyl (C=O) groups is 2. The van der Waals surface area contributed by atoms with Crippen molar-refractivity contribution >= 4 is 28.5 Å². The number of anilines is 1. The monoisotopic (exact) mass is 301 g/mol. The van der Waals surface area contributed by atoms with E-state index in [0.717, 1.165) is 16.3 Å². The molecule has 2 N–H and O–H groups in total. The van der Waals surface area contributed by atoms with Gasteiger partial charge in [-0.2, -0.15) is 0 Å². The van der Waals surface area contributed by atoms with Gasteiger partial charge in [-0.15, -0.1) is 0 Å². The maximum atomic E-state index is 11.5. The van der Waals surface area contributed by atoms with Crippen molar-refractivity contribution in [2.24, 2.45) is 5.92 Å². The molecule has 0 aliphatic carbocycles. The van der Waals surface area contributed by atoms with Crippen molar-refractivity contribution < 1.29 is 19.4 Å². The van der Waals surface area contributed by atoms with E-state index in [4.69, 9.17) is 0 Å². The topological polar surface area (TPSA) is 75.6 Å². The largest absolute Gasteiger partial charge is 0.478 e. The highest BCUT2D eigenvalue weighted by Crippen LogP contribution is 2.31. The van der Waals surface area contributed by atoms with Gasteiger partial charge >= 0.3 is 12.1 Å². The van der Waals surface area contributed by atoms with E-state index in [2.05, 4.69) is 10.1 Å². The van der Waals surface area contributed by atoms with Crippen LogP contribution in [0.15, 0.2) is 30.3 Å². The van der Waals surface area contributed by atoms with Crippen LogP contribution in [0.25, 0.3) is 10.8 Å². The number of hydrogen-bond acceptors (Lipinski definition) is 3. The number of rotatable bonds is 4. The van der Waals surface area contributed by atoms with E-state index >= 15 is 0 Å². The van der Waals surface area contributed by atoms with Crippen LogP contribution in [-0.4, -0.2) is 24.3 Å². The highest BCUT2D eigenvalue weighted by molar-refractivity contribution is 6.06. The Morgan fingerprint density at radius 3 is 2.55 bits per heavy atom. The predicted octanol–water partition coefficient (Wildman–Crippen LogP) is 3.91. The Kier molecular flexibility index (Phi) is 4.65. The Morgan fingerprint density at radius 2 is 1.95 bits per heavy atom. The predicted molar refractivity (Wildman–Crippen MR) is 85.5 cm³/mol. The minimum absolute atomic E-state index is 0.264. The first kappa shape index (κ1) is 15.8. The average molecular weight is 301 g/mol. The summed E-state index contributed by atoms with van der Waals surface area (Å²) in [6, 6.07) is 8.82. The number of fused-ring (bicyclic) bond motifs is 1. The van der Waals surface area contributed by atoms with Crippen LogP contribution in [0.1, 0.15) is 29.8 Å². The fourth-order valence-electron chi connectivity index (χ4n) is 2.54. The molecular formula is C17H19NO4. The Balaban J connectivity index is 2.73. The third-order valence-corrected chi connectivity index (χ3v) is 3.42. The lowest BCUT2D eigenvalue weighted by atomic mass is 9.91. The molecule has 0 fully saturated rings. The Hall–Kier alpha value is -2.56. The van der Waals surface area contributed by atoms with Crippen LogP contribution in [0.4, 0.5) is 10.5 Å². The Labute approximate surface area is 128 Å². The summed E-state index contributed by atoms with van der Waals surface area (Å²) in [7, 11) is 1.29. The zero-order valence-corrected chi connectivity index (χ0v) is 12.8. The number of nitrogens with one attached hydrogen (secondary N) is 1. The van der Waals surface area contributed by atoms with Crippen molar-refractivity contribution in [3.8, 4) is 0 Å². The van der Waals surface area contributed by atoms with Crippen LogP contribution < -0.4 is 5.32 Å². The van der Waals surface area contributed by atoms with Gasteiger partial charge in [0, 0.05) is 5.39 Å². The van der Waals surface area contributed by atoms with Crippen molar-refractivity contribution in [3.05, 3.63) is 41.5 Å². The fraction of sp³-hybridized carbons (Fsp3) is 0.294. The molecule has 22 heavy (non-hydrogen) atoms. The van der Waals surface area contributed by atoms with Gasteiger partial charge in [0.2, 0.25) is 0 Å². The van der Waals surface area contributed by atoms with Crippen LogP contribution in [0.2, 0.25) is 0 Å². The Bertz CT molecular complexity index is 722. The van der Waals surface area contributed by atoms with E-state index in [1.807, 2.05) is 26.0 Å². The molecular weight excluding hydrogens is 282 g/mol. The van der Waals surface area contributed by atoms with E-state index in [1.54, 1.807) is 18.2 Å². The lowest BCUT2D eigenvalue weighted by Gasteiger charge is -2.16. The van der Waals surface area contributed by atoms with Gasteiger partial charge in [0.15, 0.2) is 0 Å². The van der Waals surface area contributed by atoms with Crippen LogP contribution in [-0.2, 0) is 11.2 Å². The molecule has 5 heteroatoms. The molecule has 0 aliphatic heterocycles. The lowest BCUT2D eigenvalue weighted by molar-refractivity contribution is 0.0695. The molecule has 0 saturated heterocycles. The number of hydrogen-bond donors (Lipinski definition) is 2.